The van der Waals surface area contributed by atoms with E-state index in [1.54, 1.807) is 0 Å². The smallest absolute Gasteiger partial charge is 0.168 e. The molecule has 1 heterocycles. The Bertz CT molecular complexity index is 422. The van der Waals surface area contributed by atoms with Gasteiger partial charge in [0.05, 0.1) is 6.10 Å². The zero-order valence-corrected chi connectivity index (χ0v) is 10.2. The molecule has 1 aliphatic rings. The standard InChI is InChI=1S/C12H17F2N3O/c1-2-15-11-9(13)5-10(14)12(17-11)16-6-7-3-8(18)4-7/h5,7-8,18H,2-4,6H2,1H3,(H2,15,16,17). The Balaban J connectivity index is 2.00. The van der Waals surface area contributed by atoms with Gasteiger partial charge in [-0.3, -0.25) is 0 Å². The van der Waals surface area contributed by atoms with Crippen LogP contribution in [0.15, 0.2) is 6.07 Å². The van der Waals surface area contributed by atoms with Gasteiger partial charge in [0.25, 0.3) is 0 Å². The molecule has 1 aromatic rings. The highest BCUT2D eigenvalue weighted by atomic mass is 19.1. The Kier molecular flexibility index (Phi) is 3.96. The first-order chi connectivity index (χ1) is 8.60. The fraction of sp³-hybridized carbons (Fsp3) is 0.583. The molecule has 0 aliphatic heterocycles. The lowest BCUT2D eigenvalue weighted by molar-refractivity contribution is 0.0486. The van der Waals surface area contributed by atoms with Crippen LogP contribution in [0, 0.1) is 17.6 Å². The Morgan fingerprint density at radius 3 is 2.44 bits per heavy atom. The molecule has 1 fully saturated rings. The van der Waals surface area contributed by atoms with Gasteiger partial charge >= 0.3 is 0 Å². The van der Waals surface area contributed by atoms with Gasteiger partial charge in [0.2, 0.25) is 0 Å². The molecule has 1 aliphatic carbocycles. The van der Waals surface area contributed by atoms with Crippen LogP contribution in [0.2, 0.25) is 0 Å². The predicted molar refractivity (Wildman–Crippen MR) is 65.5 cm³/mol. The van der Waals surface area contributed by atoms with Crippen molar-refractivity contribution in [3.8, 4) is 0 Å². The van der Waals surface area contributed by atoms with Crippen molar-refractivity contribution in [3.05, 3.63) is 17.7 Å². The van der Waals surface area contributed by atoms with Gasteiger partial charge in [-0.05, 0) is 25.7 Å². The Labute approximate surface area is 104 Å². The van der Waals surface area contributed by atoms with Crippen molar-refractivity contribution in [2.45, 2.75) is 25.9 Å². The van der Waals surface area contributed by atoms with Gasteiger partial charge in [-0.25, -0.2) is 13.8 Å². The molecule has 2 rings (SSSR count). The van der Waals surface area contributed by atoms with Crippen molar-refractivity contribution in [2.24, 2.45) is 5.92 Å². The van der Waals surface area contributed by atoms with E-state index in [4.69, 9.17) is 5.11 Å². The number of aliphatic hydroxyl groups excluding tert-OH is 1. The fourth-order valence-electron chi connectivity index (χ4n) is 1.99. The molecular formula is C12H17F2N3O. The first-order valence-electron chi connectivity index (χ1n) is 6.12. The van der Waals surface area contributed by atoms with Crippen molar-refractivity contribution in [1.29, 1.82) is 0 Å². The fourth-order valence-corrected chi connectivity index (χ4v) is 1.99. The molecular weight excluding hydrogens is 240 g/mol. The number of pyridine rings is 1. The summed E-state index contributed by atoms with van der Waals surface area (Å²) in [4.78, 5) is 3.88. The molecule has 1 saturated carbocycles. The second-order valence-corrected chi connectivity index (χ2v) is 4.55. The van der Waals surface area contributed by atoms with Crippen molar-refractivity contribution in [2.75, 3.05) is 23.7 Å². The molecule has 0 saturated heterocycles. The maximum atomic E-state index is 13.5. The summed E-state index contributed by atoms with van der Waals surface area (Å²) >= 11 is 0. The van der Waals surface area contributed by atoms with Crippen molar-refractivity contribution in [1.82, 2.24) is 4.98 Å². The molecule has 0 spiro atoms. The number of nitrogens with zero attached hydrogens (tertiary/aromatic N) is 1. The monoisotopic (exact) mass is 257 g/mol. The molecule has 0 amide bonds. The Morgan fingerprint density at radius 1 is 1.28 bits per heavy atom. The molecule has 4 nitrogen and oxygen atoms in total. The summed E-state index contributed by atoms with van der Waals surface area (Å²) in [6.07, 6.45) is 1.20. The number of nitrogens with one attached hydrogen (secondary N) is 2. The topological polar surface area (TPSA) is 57.2 Å². The zero-order valence-electron chi connectivity index (χ0n) is 10.2. The quantitative estimate of drug-likeness (QED) is 0.755. The maximum absolute atomic E-state index is 13.5. The molecule has 0 bridgehead atoms. The Morgan fingerprint density at radius 2 is 1.89 bits per heavy atom. The van der Waals surface area contributed by atoms with Crippen LogP contribution in [-0.4, -0.2) is 29.3 Å². The number of hydrogen-bond donors (Lipinski definition) is 3. The molecule has 0 radical (unpaired) electrons. The summed E-state index contributed by atoms with van der Waals surface area (Å²) in [5, 5.41) is 14.7. The van der Waals surface area contributed by atoms with Gasteiger partial charge in [0, 0.05) is 19.2 Å². The minimum atomic E-state index is -0.700. The van der Waals surface area contributed by atoms with E-state index in [0.29, 0.717) is 19.0 Å². The van der Waals surface area contributed by atoms with Crippen LogP contribution in [0.25, 0.3) is 0 Å². The van der Waals surface area contributed by atoms with Gasteiger partial charge < -0.3 is 15.7 Å². The maximum Gasteiger partial charge on any atom is 0.168 e. The van der Waals surface area contributed by atoms with E-state index >= 15 is 0 Å². The minimum Gasteiger partial charge on any atom is -0.393 e. The van der Waals surface area contributed by atoms with Crippen LogP contribution >= 0.6 is 0 Å². The summed E-state index contributed by atoms with van der Waals surface area (Å²) < 4.78 is 26.8. The van der Waals surface area contributed by atoms with Crippen LogP contribution < -0.4 is 10.6 Å². The number of rotatable bonds is 5. The molecule has 0 aromatic carbocycles. The summed E-state index contributed by atoms with van der Waals surface area (Å²) in [5.74, 6) is -0.967. The number of aromatic nitrogens is 1. The molecule has 1 aromatic heterocycles. The predicted octanol–water partition coefficient (Wildman–Crippen LogP) is 1.97. The molecule has 6 heteroatoms. The van der Waals surface area contributed by atoms with Gasteiger partial charge in [0.1, 0.15) is 0 Å². The third-order valence-electron chi connectivity index (χ3n) is 3.04. The van der Waals surface area contributed by atoms with Gasteiger partial charge in [-0.15, -0.1) is 0 Å². The minimum absolute atomic E-state index is 0.0498. The van der Waals surface area contributed by atoms with E-state index < -0.39 is 11.6 Å². The summed E-state index contributed by atoms with van der Waals surface area (Å²) in [6.45, 7) is 2.87. The van der Waals surface area contributed by atoms with E-state index in [0.717, 1.165) is 18.9 Å². The van der Waals surface area contributed by atoms with Crippen LogP contribution in [-0.2, 0) is 0 Å². The summed E-state index contributed by atoms with van der Waals surface area (Å²) in [6, 6.07) is 0.822. The molecule has 3 N–H and O–H groups in total. The SMILES string of the molecule is CCNc1nc(NCC2CC(O)C2)c(F)cc1F. The number of aliphatic hydroxyl groups is 1. The highest BCUT2D eigenvalue weighted by molar-refractivity contribution is 5.47. The third-order valence-corrected chi connectivity index (χ3v) is 3.04. The number of anilines is 2. The molecule has 100 valence electrons. The third kappa shape index (κ3) is 2.87. The normalized spacial score (nSPS) is 22.4. The lowest BCUT2D eigenvalue weighted by Crippen LogP contribution is -2.33. The van der Waals surface area contributed by atoms with Gasteiger partial charge in [-0.1, -0.05) is 0 Å². The number of hydrogen-bond acceptors (Lipinski definition) is 4. The van der Waals surface area contributed by atoms with Crippen LogP contribution in [0.5, 0.6) is 0 Å². The second kappa shape index (κ2) is 5.48. The van der Waals surface area contributed by atoms with E-state index in [-0.39, 0.29) is 17.7 Å². The van der Waals surface area contributed by atoms with Crippen molar-refractivity contribution in [3.63, 3.8) is 0 Å². The lowest BCUT2D eigenvalue weighted by atomic mass is 9.82. The Hall–Kier alpha value is -1.43. The van der Waals surface area contributed by atoms with E-state index in [1.165, 1.54) is 0 Å². The first kappa shape index (κ1) is 13.0. The average Bonchev–Trinajstić information content (AvgIpc) is 2.28. The zero-order chi connectivity index (χ0) is 13.1. The first-order valence-corrected chi connectivity index (χ1v) is 6.12. The highest BCUT2D eigenvalue weighted by Crippen LogP contribution is 2.27. The summed E-state index contributed by atoms with van der Waals surface area (Å²) in [5.41, 5.74) is 0. The largest absolute Gasteiger partial charge is 0.393 e. The molecule has 18 heavy (non-hydrogen) atoms. The molecule has 0 atom stereocenters. The van der Waals surface area contributed by atoms with Gasteiger partial charge in [0.15, 0.2) is 23.3 Å². The number of halogens is 2. The molecule has 0 unspecified atom stereocenters. The highest BCUT2D eigenvalue weighted by Gasteiger charge is 2.27. The van der Waals surface area contributed by atoms with Crippen LogP contribution in [0.1, 0.15) is 19.8 Å². The van der Waals surface area contributed by atoms with E-state index in [1.807, 2.05) is 6.92 Å². The van der Waals surface area contributed by atoms with Crippen LogP contribution in [0.4, 0.5) is 20.4 Å². The second-order valence-electron chi connectivity index (χ2n) is 4.55. The van der Waals surface area contributed by atoms with Crippen molar-refractivity contribution >= 4 is 11.6 Å². The van der Waals surface area contributed by atoms with E-state index in [9.17, 15) is 8.78 Å². The van der Waals surface area contributed by atoms with Gasteiger partial charge in [-0.2, -0.15) is 0 Å². The average molecular weight is 257 g/mol. The van der Waals surface area contributed by atoms with Crippen LogP contribution in [0.3, 0.4) is 0 Å². The van der Waals surface area contributed by atoms with E-state index in [2.05, 4.69) is 15.6 Å². The van der Waals surface area contributed by atoms with Crippen molar-refractivity contribution < 1.29 is 13.9 Å². The lowest BCUT2D eigenvalue weighted by Gasteiger charge is -2.31. The summed E-state index contributed by atoms with van der Waals surface area (Å²) in [7, 11) is 0.